The normalized spacial score (nSPS) is 11.8. The highest BCUT2D eigenvalue weighted by Gasteiger charge is 2.20. The number of hydrogen-bond acceptors (Lipinski definition) is 3. The Morgan fingerprint density at radius 2 is 1.59 bits per heavy atom. The van der Waals surface area contributed by atoms with E-state index in [9.17, 15) is 17.4 Å². The Morgan fingerprint density at radius 3 is 2.14 bits per heavy atom. The summed E-state index contributed by atoms with van der Waals surface area (Å²) >= 11 is 0. The highest BCUT2D eigenvalue weighted by Crippen LogP contribution is 2.12. The van der Waals surface area contributed by atoms with Crippen molar-refractivity contribution in [1.82, 2.24) is 0 Å². The number of unbranched alkanes of at least 4 members (excludes halogenated alkanes) is 8. The van der Waals surface area contributed by atoms with Crippen molar-refractivity contribution in [2.24, 2.45) is 0 Å². The van der Waals surface area contributed by atoms with Crippen LogP contribution < -0.4 is 3.97 Å². The maximum atomic E-state index is 13.7. The van der Waals surface area contributed by atoms with E-state index in [0.29, 0.717) is 10.4 Å². The fraction of sp³-hybridized carbons (Fsp3) is 0.688. The van der Waals surface area contributed by atoms with Gasteiger partial charge in [-0.1, -0.05) is 62.3 Å². The van der Waals surface area contributed by atoms with Crippen molar-refractivity contribution >= 4 is 10.3 Å². The van der Waals surface area contributed by atoms with Crippen LogP contribution in [-0.4, -0.2) is 13.0 Å². The summed E-state index contributed by atoms with van der Waals surface area (Å²) in [6.07, 6.45) is 11.5. The lowest BCUT2D eigenvalue weighted by Crippen LogP contribution is -2.46. The molecule has 0 unspecified atom stereocenters. The minimum atomic E-state index is -4.69. The molecule has 0 aliphatic rings. The van der Waals surface area contributed by atoms with Gasteiger partial charge in [0, 0.05) is 12.5 Å². The minimum absolute atomic E-state index is 0.0413. The van der Waals surface area contributed by atoms with E-state index in [1.54, 1.807) is 0 Å². The highest BCUT2D eigenvalue weighted by molar-refractivity contribution is 7.78. The van der Waals surface area contributed by atoms with Gasteiger partial charge in [0.1, 0.15) is 0 Å². The summed E-state index contributed by atoms with van der Waals surface area (Å²) in [6.45, 7) is 2.19. The number of halogens is 1. The zero-order valence-electron chi connectivity index (χ0n) is 13.3. The Kier molecular flexibility index (Phi) is 8.56. The lowest BCUT2D eigenvalue weighted by molar-refractivity contribution is -0.531. The average Bonchev–Trinajstić information content (AvgIpc) is 2.45. The quantitative estimate of drug-likeness (QED) is 0.354. The molecule has 1 aromatic heterocycles. The third kappa shape index (κ3) is 6.83. The molecule has 0 aliphatic heterocycles. The Morgan fingerprint density at radius 1 is 1.05 bits per heavy atom. The van der Waals surface area contributed by atoms with Gasteiger partial charge in [0.15, 0.2) is 12.0 Å². The van der Waals surface area contributed by atoms with Crippen LogP contribution in [0, 0.1) is 5.82 Å². The number of rotatable bonds is 11. The lowest BCUT2D eigenvalue weighted by atomic mass is 10.1. The van der Waals surface area contributed by atoms with Crippen molar-refractivity contribution in [1.29, 1.82) is 0 Å². The first-order valence-corrected chi connectivity index (χ1v) is 9.48. The lowest BCUT2D eigenvalue weighted by Gasteiger charge is -2.07. The minimum Gasteiger partial charge on any atom is -0.693 e. The molecule has 0 bridgehead atoms. The molecule has 6 heteroatoms. The molecule has 1 aromatic rings. The van der Waals surface area contributed by atoms with Crippen molar-refractivity contribution in [3.8, 4) is 0 Å². The fourth-order valence-electron chi connectivity index (χ4n) is 2.54. The molecule has 0 atom stereocenters. The summed E-state index contributed by atoms with van der Waals surface area (Å²) in [4.78, 5) is 0. The van der Waals surface area contributed by atoms with Gasteiger partial charge >= 0.3 is 10.3 Å². The predicted molar refractivity (Wildman–Crippen MR) is 82.6 cm³/mol. The van der Waals surface area contributed by atoms with Gasteiger partial charge in [-0.15, -0.1) is 0 Å². The van der Waals surface area contributed by atoms with Gasteiger partial charge in [0.2, 0.25) is 5.69 Å². The van der Waals surface area contributed by atoms with Crippen molar-refractivity contribution < 1.29 is 21.3 Å². The number of hydrogen-bond donors (Lipinski definition) is 0. The molecule has 0 N–H and O–H groups in total. The Hall–Kier alpha value is -1.01. The summed E-state index contributed by atoms with van der Waals surface area (Å²) < 4.78 is 47.5. The van der Waals surface area contributed by atoms with Gasteiger partial charge in [-0.3, -0.25) is 0 Å². The summed E-state index contributed by atoms with van der Waals surface area (Å²) in [5, 5.41) is 0. The number of pyridine rings is 1. The molecule has 0 spiro atoms. The first kappa shape index (κ1) is 19.0. The second-order valence-corrected chi connectivity index (χ2v) is 6.88. The van der Waals surface area contributed by atoms with E-state index in [-0.39, 0.29) is 12.1 Å². The first-order valence-electron chi connectivity index (χ1n) is 8.12. The van der Waals surface area contributed by atoms with Crippen molar-refractivity contribution in [3.05, 3.63) is 29.8 Å². The Bertz CT molecular complexity index is 546. The summed E-state index contributed by atoms with van der Waals surface area (Å²) in [5.74, 6) is -0.638. The Balaban J connectivity index is 2.34. The van der Waals surface area contributed by atoms with E-state index < -0.39 is 16.1 Å². The standard InChI is InChI=1S/C16H26FNO3S/c1-2-3-4-5-6-7-8-9-10-13-16-15(17)12-11-14-18(16)22(19,20)21/h11-12,14H,2-10,13H2,1H3. The average molecular weight is 331 g/mol. The zero-order chi connectivity index (χ0) is 16.4. The monoisotopic (exact) mass is 331 g/mol. The van der Waals surface area contributed by atoms with Crippen molar-refractivity contribution in [2.45, 2.75) is 71.1 Å². The second-order valence-electron chi connectivity index (χ2n) is 5.63. The summed E-state index contributed by atoms with van der Waals surface area (Å²) in [7, 11) is -4.69. The molecule has 22 heavy (non-hydrogen) atoms. The van der Waals surface area contributed by atoms with Gasteiger partial charge in [-0.05, 0) is 12.5 Å². The molecule has 0 aliphatic carbocycles. The van der Waals surface area contributed by atoms with Gasteiger partial charge in [-0.2, -0.15) is 12.8 Å². The van der Waals surface area contributed by atoms with E-state index in [0.717, 1.165) is 25.5 Å². The molecule has 0 saturated heterocycles. The summed E-state index contributed by atoms with van der Waals surface area (Å²) in [5.41, 5.74) is -0.0413. The molecule has 1 rings (SSSR count). The van der Waals surface area contributed by atoms with Crippen LogP contribution in [0.5, 0.6) is 0 Å². The smallest absolute Gasteiger partial charge is 0.330 e. The van der Waals surface area contributed by atoms with Crippen molar-refractivity contribution in [2.75, 3.05) is 0 Å². The number of aromatic nitrogens is 1. The van der Waals surface area contributed by atoms with E-state index in [4.69, 9.17) is 0 Å². The molecule has 0 aromatic carbocycles. The third-order valence-corrected chi connectivity index (χ3v) is 4.59. The van der Waals surface area contributed by atoms with E-state index in [1.807, 2.05) is 0 Å². The molecule has 0 amide bonds. The van der Waals surface area contributed by atoms with Gasteiger partial charge in [0.05, 0.1) is 0 Å². The van der Waals surface area contributed by atoms with E-state index in [1.165, 1.54) is 44.2 Å². The van der Waals surface area contributed by atoms with E-state index >= 15 is 0 Å². The zero-order valence-corrected chi connectivity index (χ0v) is 14.1. The molecule has 1 heterocycles. The van der Waals surface area contributed by atoms with Crippen LogP contribution in [0.1, 0.15) is 70.4 Å². The third-order valence-electron chi connectivity index (χ3n) is 3.76. The molecular formula is C16H26FNO3S. The van der Waals surface area contributed by atoms with Crippen LogP contribution >= 0.6 is 0 Å². The first-order chi connectivity index (χ1) is 10.5. The highest BCUT2D eigenvalue weighted by atomic mass is 32.2. The predicted octanol–water partition coefficient (Wildman–Crippen LogP) is 3.49. The molecular weight excluding hydrogens is 305 g/mol. The fourth-order valence-corrected chi connectivity index (χ4v) is 3.21. The molecule has 126 valence electrons. The molecule has 0 fully saturated rings. The second kappa shape index (κ2) is 9.90. The summed E-state index contributed by atoms with van der Waals surface area (Å²) in [6, 6.07) is 2.41. The van der Waals surface area contributed by atoms with Gasteiger partial charge in [0.25, 0.3) is 0 Å². The van der Waals surface area contributed by atoms with Crippen LogP contribution in [-0.2, 0) is 16.7 Å². The van der Waals surface area contributed by atoms with Crippen LogP contribution in [0.2, 0.25) is 0 Å². The number of nitrogens with zero attached hydrogens (tertiary/aromatic N) is 1. The van der Waals surface area contributed by atoms with Crippen molar-refractivity contribution in [3.63, 3.8) is 0 Å². The van der Waals surface area contributed by atoms with Crippen LogP contribution in [0.25, 0.3) is 0 Å². The SMILES string of the molecule is CCCCCCCCCCCc1c(F)ccc[n+]1S(=O)(=O)[O-]. The maximum Gasteiger partial charge on any atom is 0.330 e. The Labute approximate surface area is 133 Å². The van der Waals surface area contributed by atoms with Gasteiger partial charge in [-0.25, -0.2) is 0 Å². The largest absolute Gasteiger partial charge is 0.693 e. The van der Waals surface area contributed by atoms with Crippen LogP contribution in [0.15, 0.2) is 18.3 Å². The molecule has 0 radical (unpaired) electrons. The van der Waals surface area contributed by atoms with Gasteiger partial charge < -0.3 is 4.55 Å². The van der Waals surface area contributed by atoms with E-state index in [2.05, 4.69) is 6.92 Å². The maximum absolute atomic E-state index is 13.7. The molecule has 0 saturated carbocycles. The van der Waals surface area contributed by atoms with Crippen LogP contribution in [0.3, 0.4) is 0 Å². The van der Waals surface area contributed by atoms with Crippen LogP contribution in [0.4, 0.5) is 4.39 Å². The topological polar surface area (TPSA) is 61.1 Å². The molecule has 4 nitrogen and oxygen atoms in total.